The highest BCUT2D eigenvalue weighted by molar-refractivity contribution is 5.26. The number of alkyl halides is 3. The number of hydrogen-bond donors (Lipinski definition) is 1. The van der Waals surface area contributed by atoms with Gasteiger partial charge in [0.1, 0.15) is 6.54 Å². The molecule has 1 aromatic heterocycles. The topological polar surface area (TPSA) is 29.9 Å². The lowest BCUT2D eigenvalue weighted by Gasteiger charge is -2.10. The van der Waals surface area contributed by atoms with Gasteiger partial charge in [0, 0.05) is 18.9 Å². The van der Waals surface area contributed by atoms with Crippen LogP contribution in [0.25, 0.3) is 0 Å². The number of nitrogens with one attached hydrogen (secondary N) is 1. The van der Waals surface area contributed by atoms with Crippen molar-refractivity contribution >= 4 is 5.95 Å². The minimum Gasteiger partial charge on any atom is -0.352 e. The quantitative estimate of drug-likeness (QED) is 0.762. The number of imidazole rings is 1. The van der Waals surface area contributed by atoms with Gasteiger partial charge in [-0.05, 0) is 0 Å². The molecule has 0 aliphatic heterocycles. The van der Waals surface area contributed by atoms with Gasteiger partial charge in [0.05, 0.1) is 0 Å². The molecule has 0 radical (unpaired) electrons. The van der Waals surface area contributed by atoms with E-state index in [2.05, 4.69) is 16.9 Å². The molecule has 1 aromatic rings. The molecule has 1 N–H and O–H groups in total. The van der Waals surface area contributed by atoms with Crippen LogP contribution >= 0.6 is 0 Å². The molecule has 6 heteroatoms. The summed E-state index contributed by atoms with van der Waals surface area (Å²) in [6.45, 7) is 2.79. The zero-order chi connectivity index (χ0) is 10.6. The van der Waals surface area contributed by atoms with Crippen molar-refractivity contribution in [1.82, 2.24) is 9.55 Å². The minimum absolute atomic E-state index is 0.197. The van der Waals surface area contributed by atoms with Gasteiger partial charge in [-0.2, -0.15) is 13.2 Å². The molecule has 0 aliphatic carbocycles. The van der Waals surface area contributed by atoms with Gasteiger partial charge in [-0.3, -0.25) is 0 Å². The van der Waals surface area contributed by atoms with E-state index in [0.717, 1.165) is 4.57 Å². The maximum atomic E-state index is 12.0. The van der Waals surface area contributed by atoms with E-state index in [1.165, 1.54) is 12.4 Å². The fraction of sp³-hybridized carbons (Fsp3) is 0.375. The fourth-order valence-corrected chi connectivity index (χ4v) is 0.961. The van der Waals surface area contributed by atoms with Crippen LogP contribution in [0.3, 0.4) is 0 Å². The molecule has 0 unspecified atom stereocenters. The van der Waals surface area contributed by atoms with E-state index < -0.39 is 12.7 Å². The average molecular weight is 205 g/mol. The smallest absolute Gasteiger partial charge is 0.352 e. The maximum absolute atomic E-state index is 12.0. The van der Waals surface area contributed by atoms with Crippen molar-refractivity contribution in [2.45, 2.75) is 12.7 Å². The highest BCUT2D eigenvalue weighted by atomic mass is 19.4. The summed E-state index contributed by atoms with van der Waals surface area (Å²) in [5, 5.41) is 2.70. The van der Waals surface area contributed by atoms with Crippen molar-refractivity contribution in [3.8, 4) is 0 Å². The Morgan fingerprint density at radius 3 is 2.86 bits per heavy atom. The van der Waals surface area contributed by atoms with Gasteiger partial charge in [-0.15, -0.1) is 6.58 Å². The Labute approximate surface area is 79.3 Å². The standard InChI is InChI=1S/C8H10F3N3/c1-2-3-12-7-13-4-5-14(7)6-8(9,10)11/h2,4-5H,1,3,6H2,(H,12,13). The second-order valence-electron chi connectivity index (χ2n) is 2.66. The van der Waals surface area contributed by atoms with Crippen LogP contribution in [-0.4, -0.2) is 22.3 Å². The molecule has 3 nitrogen and oxygen atoms in total. The lowest BCUT2D eigenvalue weighted by molar-refractivity contribution is -0.140. The first-order valence-electron chi connectivity index (χ1n) is 3.95. The van der Waals surface area contributed by atoms with Crippen molar-refractivity contribution in [3.05, 3.63) is 25.0 Å². The van der Waals surface area contributed by atoms with Crippen molar-refractivity contribution in [1.29, 1.82) is 0 Å². The van der Waals surface area contributed by atoms with Crippen LogP contribution < -0.4 is 5.32 Å². The Bertz CT molecular complexity index is 303. The van der Waals surface area contributed by atoms with Gasteiger partial charge in [0.2, 0.25) is 5.95 Å². The molecule has 0 amide bonds. The summed E-state index contributed by atoms with van der Waals surface area (Å²) in [4.78, 5) is 3.74. The minimum atomic E-state index is -4.23. The molecule has 0 saturated heterocycles. The van der Waals surface area contributed by atoms with Crippen molar-refractivity contribution < 1.29 is 13.2 Å². The molecule has 0 bridgehead atoms. The third kappa shape index (κ3) is 3.12. The first-order valence-corrected chi connectivity index (χ1v) is 3.95. The first-order chi connectivity index (χ1) is 6.53. The van der Waals surface area contributed by atoms with E-state index in [1.807, 2.05) is 0 Å². The van der Waals surface area contributed by atoms with Crippen LogP contribution in [0.4, 0.5) is 19.1 Å². The number of hydrogen-bond acceptors (Lipinski definition) is 2. The lowest BCUT2D eigenvalue weighted by Crippen LogP contribution is -2.19. The lowest BCUT2D eigenvalue weighted by atomic mass is 10.6. The molecule has 1 rings (SSSR count). The fourth-order valence-electron chi connectivity index (χ4n) is 0.961. The third-order valence-electron chi connectivity index (χ3n) is 1.47. The number of aromatic nitrogens is 2. The largest absolute Gasteiger partial charge is 0.406 e. The number of rotatable bonds is 4. The van der Waals surface area contributed by atoms with Gasteiger partial charge in [0.15, 0.2) is 0 Å². The number of nitrogens with zero attached hydrogens (tertiary/aromatic N) is 2. The van der Waals surface area contributed by atoms with Gasteiger partial charge in [0.25, 0.3) is 0 Å². The molecule has 0 atom stereocenters. The van der Waals surface area contributed by atoms with Gasteiger partial charge in [-0.25, -0.2) is 4.98 Å². The monoisotopic (exact) mass is 205 g/mol. The second-order valence-corrected chi connectivity index (χ2v) is 2.66. The Balaban J connectivity index is 2.67. The average Bonchev–Trinajstić information content (AvgIpc) is 2.45. The van der Waals surface area contributed by atoms with E-state index in [4.69, 9.17) is 0 Å². The summed E-state index contributed by atoms with van der Waals surface area (Å²) >= 11 is 0. The van der Waals surface area contributed by atoms with E-state index in [0.29, 0.717) is 6.54 Å². The molecular formula is C8H10F3N3. The van der Waals surface area contributed by atoms with Crippen molar-refractivity contribution in [2.24, 2.45) is 0 Å². The SMILES string of the molecule is C=CCNc1nccn1CC(F)(F)F. The molecule has 1 heterocycles. The molecule has 0 aliphatic rings. The summed E-state index contributed by atoms with van der Waals surface area (Å²) in [5.41, 5.74) is 0. The normalized spacial score (nSPS) is 11.4. The van der Waals surface area contributed by atoms with Gasteiger partial charge >= 0.3 is 6.18 Å². The maximum Gasteiger partial charge on any atom is 0.406 e. The van der Waals surface area contributed by atoms with Crippen LogP contribution in [0.2, 0.25) is 0 Å². The zero-order valence-corrected chi connectivity index (χ0v) is 7.38. The van der Waals surface area contributed by atoms with E-state index in [1.54, 1.807) is 6.08 Å². The van der Waals surface area contributed by atoms with Crippen LogP contribution in [-0.2, 0) is 6.54 Å². The van der Waals surface area contributed by atoms with Crippen LogP contribution in [0.15, 0.2) is 25.0 Å². The third-order valence-corrected chi connectivity index (χ3v) is 1.47. The Kier molecular flexibility index (Phi) is 3.16. The summed E-state index contributed by atoms with van der Waals surface area (Å²) < 4.78 is 37.1. The van der Waals surface area contributed by atoms with Crippen molar-refractivity contribution in [2.75, 3.05) is 11.9 Å². The number of anilines is 1. The summed E-state index contributed by atoms with van der Waals surface area (Å²) in [6, 6.07) is 0. The Hall–Kier alpha value is -1.46. The Morgan fingerprint density at radius 1 is 1.57 bits per heavy atom. The second kappa shape index (κ2) is 4.17. The van der Waals surface area contributed by atoms with Crippen LogP contribution in [0.5, 0.6) is 0 Å². The number of halogens is 3. The molecule has 78 valence electrons. The summed E-state index contributed by atoms with van der Waals surface area (Å²) in [6.07, 6.45) is -0.0893. The molecule has 0 spiro atoms. The molecule has 14 heavy (non-hydrogen) atoms. The summed E-state index contributed by atoms with van der Waals surface area (Å²) in [7, 11) is 0. The van der Waals surface area contributed by atoms with E-state index in [9.17, 15) is 13.2 Å². The van der Waals surface area contributed by atoms with Crippen molar-refractivity contribution in [3.63, 3.8) is 0 Å². The molecular weight excluding hydrogens is 195 g/mol. The van der Waals surface area contributed by atoms with Gasteiger partial charge < -0.3 is 9.88 Å². The molecule has 0 fully saturated rings. The highest BCUT2D eigenvalue weighted by Gasteiger charge is 2.28. The molecule has 0 saturated carbocycles. The predicted molar refractivity (Wildman–Crippen MR) is 47.0 cm³/mol. The van der Waals surface area contributed by atoms with Crippen LogP contribution in [0, 0.1) is 0 Å². The zero-order valence-electron chi connectivity index (χ0n) is 7.38. The van der Waals surface area contributed by atoms with E-state index in [-0.39, 0.29) is 5.95 Å². The first kappa shape index (κ1) is 10.6. The van der Waals surface area contributed by atoms with E-state index >= 15 is 0 Å². The van der Waals surface area contributed by atoms with Gasteiger partial charge in [-0.1, -0.05) is 6.08 Å². The Morgan fingerprint density at radius 2 is 2.29 bits per heavy atom. The highest BCUT2D eigenvalue weighted by Crippen LogP contribution is 2.19. The predicted octanol–water partition coefficient (Wildman–Crippen LogP) is 2.04. The summed E-state index contributed by atoms with van der Waals surface area (Å²) in [5.74, 6) is 0.197. The van der Waals surface area contributed by atoms with Crippen LogP contribution in [0.1, 0.15) is 0 Å². The molecule has 0 aromatic carbocycles.